The summed E-state index contributed by atoms with van der Waals surface area (Å²) in [4.78, 5) is 15.7. The predicted molar refractivity (Wildman–Crippen MR) is 125 cm³/mol. The van der Waals surface area contributed by atoms with Crippen molar-refractivity contribution in [1.29, 1.82) is 0 Å². The molecule has 4 aromatic rings. The van der Waals surface area contributed by atoms with E-state index in [1.54, 1.807) is 4.68 Å². The Balaban J connectivity index is 1.70. The second-order valence-electron chi connectivity index (χ2n) is 8.17. The number of hydrogen-bond acceptors (Lipinski definition) is 4. The van der Waals surface area contributed by atoms with E-state index in [0.29, 0.717) is 5.39 Å². The molecule has 1 fully saturated rings. The van der Waals surface area contributed by atoms with Crippen LogP contribution < -0.4 is 10.5 Å². The van der Waals surface area contributed by atoms with Gasteiger partial charge in [-0.2, -0.15) is 9.78 Å². The van der Waals surface area contributed by atoms with Crippen LogP contribution in [0, 0.1) is 6.92 Å². The SMILES string of the molecule is Cc1ccc(N2CCC(O)CC2)cc1-n1nc(-c2ccccc2)c2ccccc2c1=O. The second kappa shape index (κ2) is 8.00. The van der Waals surface area contributed by atoms with Gasteiger partial charge in [-0.25, -0.2) is 0 Å². The van der Waals surface area contributed by atoms with Crippen molar-refractivity contribution in [2.24, 2.45) is 0 Å². The number of aliphatic hydroxyl groups is 1. The highest BCUT2D eigenvalue weighted by Gasteiger charge is 2.19. The summed E-state index contributed by atoms with van der Waals surface area (Å²) in [6.07, 6.45) is 1.30. The number of hydrogen-bond donors (Lipinski definition) is 1. The van der Waals surface area contributed by atoms with Gasteiger partial charge in [0, 0.05) is 29.7 Å². The van der Waals surface area contributed by atoms with Gasteiger partial charge in [-0.1, -0.05) is 54.6 Å². The molecule has 0 unspecified atom stereocenters. The van der Waals surface area contributed by atoms with Crippen LogP contribution in [0.15, 0.2) is 77.6 Å². The first-order valence-corrected chi connectivity index (χ1v) is 10.7. The van der Waals surface area contributed by atoms with Crippen molar-refractivity contribution < 1.29 is 5.11 Å². The summed E-state index contributed by atoms with van der Waals surface area (Å²) in [7, 11) is 0. The fourth-order valence-electron chi connectivity index (χ4n) is 4.31. The van der Waals surface area contributed by atoms with E-state index in [0.717, 1.165) is 59.5 Å². The molecule has 3 aromatic carbocycles. The van der Waals surface area contributed by atoms with E-state index in [1.807, 2.05) is 73.7 Å². The van der Waals surface area contributed by atoms with Crippen LogP contribution in [0.1, 0.15) is 18.4 Å². The molecule has 5 heteroatoms. The lowest BCUT2D eigenvalue weighted by molar-refractivity contribution is 0.145. The van der Waals surface area contributed by atoms with Crippen LogP contribution in [0.3, 0.4) is 0 Å². The third-order valence-corrected chi connectivity index (χ3v) is 6.10. The number of rotatable bonds is 3. The maximum atomic E-state index is 13.4. The van der Waals surface area contributed by atoms with Crippen LogP contribution in [0.5, 0.6) is 0 Å². The number of aromatic nitrogens is 2. The Morgan fingerprint density at radius 2 is 1.58 bits per heavy atom. The van der Waals surface area contributed by atoms with Gasteiger partial charge < -0.3 is 10.0 Å². The van der Waals surface area contributed by atoms with Gasteiger partial charge in [0.25, 0.3) is 5.56 Å². The Morgan fingerprint density at radius 3 is 2.32 bits per heavy atom. The molecule has 5 rings (SSSR count). The molecule has 1 aliphatic rings. The van der Waals surface area contributed by atoms with Crippen LogP contribution >= 0.6 is 0 Å². The number of fused-ring (bicyclic) bond motifs is 1. The molecule has 1 N–H and O–H groups in total. The largest absolute Gasteiger partial charge is 0.393 e. The van der Waals surface area contributed by atoms with Gasteiger partial charge in [0.15, 0.2) is 0 Å². The number of piperidine rings is 1. The summed E-state index contributed by atoms with van der Waals surface area (Å²) in [6.45, 7) is 3.61. The summed E-state index contributed by atoms with van der Waals surface area (Å²) in [5.74, 6) is 0. The Kier molecular flexibility index (Phi) is 5.04. The van der Waals surface area contributed by atoms with Crippen molar-refractivity contribution in [2.75, 3.05) is 18.0 Å². The van der Waals surface area contributed by atoms with Crippen LogP contribution in [0.25, 0.3) is 27.7 Å². The predicted octanol–water partition coefficient (Wildman–Crippen LogP) is 4.32. The Labute approximate surface area is 181 Å². The lowest BCUT2D eigenvalue weighted by atomic mass is 10.0. The molecule has 5 nitrogen and oxygen atoms in total. The molecule has 1 aromatic heterocycles. The zero-order valence-electron chi connectivity index (χ0n) is 17.5. The van der Waals surface area contributed by atoms with Crippen molar-refractivity contribution in [1.82, 2.24) is 9.78 Å². The third kappa shape index (κ3) is 3.62. The minimum atomic E-state index is -0.223. The zero-order chi connectivity index (χ0) is 21.4. The first-order chi connectivity index (χ1) is 15.1. The molecular formula is C26H25N3O2. The molecular weight excluding hydrogens is 386 g/mol. The molecule has 0 amide bonds. The zero-order valence-corrected chi connectivity index (χ0v) is 17.5. The minimum absolute atomic E-state index is 0.121. The van der Waals surface area contributed by atoms with E-state index in [-0.39, 0.29) is 11.7 Å². The third-order valence-electron chi connectivity index (χ3n) is 6.10. The molecule has 0 aliphatic carbocycles. The number of nitrogens with zero attached hydrogens (tertiary/aromatic N) is 3. The molecule has 0 radical (unpaired) electrons. The smallest absolute Gasteiger partial charge is 0.279 e. The average Bonchev–Trinajstić information content (AvgIpc) is 2.81. The Bertz CT molecular complexity index is 1290. The van der Waals surface area contributed by atoms with Gasteiger partial charge in [0.05, 0.1) is 22.9 Å². The molecule has 0 atom stereocenters. The van der Waals surface area contributed by atoms with E-state index >= 15 is 0 Å². The van der Waals surface area contributed by atoms with Gasteiger partial charge in [0.1, 0.15) is 0 Å². The van der Waals surface area contributed by atoms with Crippen LogP contribution in [0.2, 0.25) is 0 Å². The summed E-state index contributed by atoms with van der Waals surface area (Å²) in [5, 5.41) is 16.2. The highest BCUT2D eigenvalue weighted by Crippen LogP contribution is 2.28. The highest BCUT2D eigenvalue weighted by atomic mass is 16.3. The fraction of sp³-hybridized carbons (Fsp3) is 0.231. The molecule has 0 bridgehead atoms. The molecule has 0 saturated carbocycles. The van der Waals surface area contributed by atoms with E-state index < -0.39 is 0 Å². The normalized spacial score (nSPS) is 14.8. The van der Waals surface area contributed by atoms with Gasteiger partial charge in [-0.15, -0.1) is 0 Å². The number of aliphatic hydroxyl groups excluding tert-OH is 1. The Hall–Kier alpha value is -3.44. The van der Waals surface area contributed by atoms with Gasteiger partial charge in [-0.05, 0) is 43.5 Å². The summed E-state index contributed by atoms with van der Waals surface area (Å²) >= 11 is 0. The lowest BCUT2D eigenvalue weighted by Crippen LogP contribution is -2.36. The molecule has 2 heterocycles. The van der Waals surface area contributed by atoms with E-state index in [2.05, 4.69) is 11.0 Å². The van der Waals surface area contributed by atoms with E-state index in [4.69, 9.17) is 5.10 Å². The van der Waals surface area contributed by atoms with Crippen molar-refractivity contribution >= 4 is 16.5 Å². The van der Waals surface area contributed by atoms with E-state index in [9.17, 15) is 9.90 Å². The summed E-state index contributed by atoms with van der Waals surface area (Å²) in [6, 6.07) is 23.8. The highest BCUT2D eigenvalue weighted by molar-refractivity contribution is 5.93. The first kappa shape index (κ1) is 19.5. The summed E-state index contributed by atoms with van der Waals surface area (Å²) in [5.41, 5.74) is 4.48. The Morgan fingerprint density at radius 1 is 0.903 bits per heavy atom. The number of aryl methyl sites for hydroxylation is 1. The van der Waals surface area contributed by atoms with Crippen molar-refractivity contribution in [3.63, 3.8) is 0 Å². The van der Waals surface area contributed by atoms with Crippen LogP contribution in [-0.4, -0.2) is 34.1 Å². The summed E-state index contributed by atoms with van der Waals surface area (Å²) < 4.78 is 1.54. The monoisotopic (exact) mass is 411 g/mol. The fourth-order valence-corrected chi connectivity index (χ4v) is 4.31. The number of anilines is 1. The van der Waals surface area contributed by atoms with E-state index in [1.165, 1.54) is 0 Å². The second-order valence-corrected chi connectivity index (χ2v) is 8.17. The molecule has 31 heavy (non-hydrogen) atoms. The maximum Gasteiger partial charge on any atom is 0.279 e. The van der Waals surface area contributed by atoms with Crippen LogP contribution in [0.4, 0.5) is 5.69 Å². The van der Waals surface area contributed by atoms with Gasteiger partial charge >= 0.3 is 0 Å². The van der Waals surface area contributed by atoms with Crippen LogP contribution in [-0.2, 0) is 0 Å². The van der Waals surface area contributed by atoms with Crippen molar-refractivity contribution in [3.05, 3.63) is 88.7 Å². The molecule has 1 saturated heterocycles. The van der Waals surface area contributed by atoms with Gasteiger partial charge in [0.2, 0.25) is 0 Å². The topological polar surface area (TPSA) is 58.4 Å². The van der Waals surface area contributed by atoms with Gasteiger partial charge in [-0.3, -0.25) is 4.79 Å². The van der Waals surface area contributed by atoms with Crippen molar-refractivity contribution in [2.45, 2.75) is 25.9 Å². The quantitative estimate of drug-likeness (QED) is 0.545. The lowest BCUT2D eigenvalue weighted by Gasteiger charge is -2.32. The van der Waals surface area contributed by atoms with Crippen molar-refractivity contribution in [3.8, 4) is 16.9 Å². The average molecular weight is 412 g/mol. The standard InChI is InChI=1S/C26H25N3O2/c1-18-11-12-20(28-15-13-21(30)14-16-28)17-24(18)29-26(31)23-10-6-5-9-22(23)25(27-29)19-7-3-2-4-8-19/h2-12,17,21,30H,13-16H2,1H3. The molecule has 1 aliphatic heterocycles. The molecule has 156 valence electrons. The molecule has 0 spiro atoms. The number of benzene rings is 3. The maximum absolute atomic E-state index is 13.4. The minimum Gasteiger partial charge on any atom is -0.393 e. The first-order valence-electron chi connectivity index (χ1n) is 10.7.